The van der Waals surface area contributed by atoms with Gasteiger partial charge in [-0.2, -0.15) is 0 Å². The van der Waals surface area contributed by atoms with Gasteiger partial charge in [0.05, 0.1) is 0 Å². The highest BCUT2D eigenvalue weighted by Gasteiger charge is 2.07. The zero-order valence-electron chi connectivity index (χ0n) is 9.84. The van der Waals surface area contributed by atoms with E-state index in [0.717, 1.165) is 22.8 Å². The standard InChI is InChI=1S/C12H19ClN2/c1-9(2)15(4)11-6-5-10(8-14-3)12(13)7-11/h5-7,9,14H,8H2,1-4H3. The number of hydrogen-bond donors (Lipinski definition) is 1. The first kappa shape index (κ1) is 12.3. The third-order valence-electron chi connectivity index (χ3n) is 2.59. The maximum atomic E-state index is 6.19. The summed E-state index contributed by atoms with van der Waals surface area (Å²) in [5.74, 6) is 0. The zero-order valence-corrected chi connectivity index (χ0v) is 10.6. The first-order valence-electron chi connectivity index (χ1n) is 5.22. The van der Waals surface area contributed by atoms with Gasteiger partial charge in [-0.05, 0) is 38.6 Å². The Labute approximate surface area is 97.2 Å². The molecule has 0 saturated carbocycles. The van der Waals surface area contributed by atoms with Crippen molar-refractivity contribution in [3.8, 4) is 0 Å². The average molecular weight is 227 g/mol. The summed E-state index contributed by atoms with van der Waals surface area (Å²) in [6.07, 6.45) is 0. The van der Waals surface area contributed by atoms with Crippen LogP contribution in [0.4, 0.5) is 5.69 Å². The van der Waals surface area contributed by atoms with Gasteiger partial charge in [-0.1, -0.05) is 17.7 Å². The van der Waals surface area contributed by atoms with Gasteiger partial charge < -0.3 is 10.2 Å². The lowest BCUT2D eigenvalue weighted by atomic mass is 10.2. The molecule has 3 heteroatoms. The highest BCUT2D eigenvalue weighted by Crippen LogP contribution is 2.24. The van der Waals surface area contributed by atoms with Crippen molar-refractivity contribution in [1.29, 1.82) is 0 Å². The molecule has 0 atom stereocenters. The van der Waals surface area contributed by atoms with E-state index in [2.05, 4.69) is 43.2 Å². The SMILES string of the molecule is CNCc1ccc(N(C)C(C)C)cc1Cl. The topological polar surface area (TPSA) is 15.3 Å². The first-order valence-corrected chi connectivity index (χ1v) is 5.60. The van der Waals surface area contributed by atoms with Gasteiger partial charge in [0.15, 0.2) is 0 Å². The molecule has 0 spiro atoms. The number of halogens is 1. The van der Waals surface area contributed by atoms with Crippen LogP contribution in [0.25, 0.3) is 0 Å². The molecule has 84 valence electrons. The summed E-state index contributed by atoms with van der Waals surface area (Å²) in [4.78, 5) is 2.20. The lowest BCUT2D eigenvalue weighted by molar-refractivity contribution is 0.753. The summed E-state index contributed by atoms with van der Waals surface area (Å²) >= 11 is 6.19. The van der Waals surface area contributed by atoms with Crippen LogP contribution in [-0.2, 0) is 6.54 Å². The normalized spacial score (nSPS) is 10.8. The summed E-state index contributed by atoms with van der Waals surface area (Å²) in [7, 11) is 4.00. The smallest absolute Gasteiger partial charge is 0.0471 e. The molecule has 0 heterocycles. The molecule has 0 aliphatic rings. The van der Waals surface area contributed by atoms with Gasteiger partial charge in [-0.3, -0.25) is 0 Å². The Morgan fingerprint density at radius 2 is 2.07 bits per heavy atom. The van der Waals surface area contributed by atoms with Crippen molar-refractivity contribution in [3.05, 3.63) is 28.8 Å². The molecule has 0 radical (unpaired) electrons. The van der Waals surface area contributed by atoms with Crippen LogP contribution in [0.3, 0.4) is 0 Å². The third kappa shape index (κ3) is 3.11. The number of nitrogens with zero attached hydrogens (tertiary/aromatic N) is 1. The molecule has 0 saturated heterocycles. The van der Waals surface area contributed by atoms with Crippen LogP contribution >= 0.6 is 11.6 Å². The molecule has 0 fully saturated rings. The van der Waals surface area contributed by atoms with Crippen LogP contribution in [0, 0.1) is 0 Å². The summed E-state index contributed by atoms with van der Waals surface area (Å²) in [5.41, 5.74) is 2.30. The fraction of sp³-hybridized carbons (Fsp3) is 0.500. The Bertz CT molecular complexity index is 323. The van der Waals surface area contributed by atoms with E-state index in [4.69, 9.17) is 11.6 Å². The van der Waals surface area contributed by atoms with Crippen molar-refractivity contribution in [1.82, 2.24) is 5.32 Å². The number of hydrogen-bond acceptors (Lipinski definition) is 2. The Morgan fingerprint density at radius 3 is 2.53 bits per heavy atom. The lowest BCUT2D eigenvalue weighted by Crippen LogP contribution is -2.25. The van der Waals surface area contributed by atoms with Crippen molar-refractivity contribution in [2.75, 3.05) is 19.0 Å². The molecule has 0 aliphatic heterocycles. The molecule has 0 aliphatic carbocycles. The van der Waals surface area contributed by atoms with Crippen LogP contribution in [0.5, 0.6) is 0 Å². The average Bonchev–Trinajstić information content (AvgIpc) is 2.20. The lowest BCUT2D eigenvalue weighted by Gasteiger charge is -2.24. The number of benzene rings is 1. The van der Waals surface area contributed by atoms with Crippen molar-refractivity contribution in [2.45, 2.75) is 26.4 Å². The van der Waals surface area contributed by atoms with Crippen LogP contribution in [0.1, 0.15) is 19.4 Å². The second kappa shape index (κ2) is 5.38. The minimum absolute atomic E-state index is 0.483. The molecule has 2 nitrogen and oxygen atoms in total. The van der Waals surface area contributed by atoms with Gasteiger partial charge in [-0.25, -0.2) is 0 Å². The summed E-state index contributed by atoms with van der Waals surface area (Å²) in [5, 5.41) is 3.93. The third-order valence-corrected chi connectivity index (χ3v) is 2.94. The van der Waals surface area contributed by atoms with E-state index >= 15 is 0 Å². The molecule has 15 heavy (non-hydrogen) atoms. The van der Waals surface area contributed by atoms with Crippen molar-refractivity contribution in [3.63, 3.8) is 0 Å². The molecule has 1 aromatic carbocycles. The van der Waals surface area contributed by atoms with E-state index < -0.39 is 0 Å². The molecule has 0 amide bonds. The Balaban J connectivity index is 2.90. The van der Waals surface area contributed by atoms with Gasteiger partial charge >= 0.3 is 0 Å². The number of rotatable bonds is 4. The molecule has 1 rings (SSSR count). The van der Waals surface area contributed by atoms with E-state index in [-0.39, 0.29) is 0 Å². The van der Waals surface area contributed by atoms with E-state index in [1.165, 1.54) is 0 Å². The highest BCUT2D eigenvalue weighted by atomic mass is 35.5. The second-order valence-electron chi connectivity index (χ2n) is 4.01. The fourth-order valence-corrected chi connectivity index (χ4v) is 1.63. The van der Waals surface area contributed by atoms with Crippen LogP contribution in [0.15, 0.2) is 18.2 Å². The van der Waals surface area contributed by atoms with Gasteiger partial charge in [0, 0.05) is 30.3 Å². The van der Waals surface area contributed by atoms with E-state index in [9.17, 15) is 0 Å². The minimum atomic E-state index is 0.483. The largest absolute Gasteiger partial charge is 0.372 e. The first-order chi connectivity index (χ1) is 7.06. The molecule has 0 bridgehead atoms. The predicted octanol–water partition coefficient (Wildman–Crippen LogP) is 2.90. The van der Waals surface area contributed by atoms with Crippen LogP contribution in [0.2, 0.25) is 5.02 Å². The Morgan fingerprint density at radius 1 is 1.40 bits per heavy atom. The maximum absolute atomic E-state index is 6.19. The summed E-state index contributed by atoms with van der Waals surface area (Å²) < 4.78 is 0. The molecule has 0 unspecified atom stereocenters. The van der Waals surface area contributed by atoms with Gasteiger partial charge in [0.2, 0.25) is 0 Å². The van der Waals surface area contributed by atoms with E-state index in [1.54, 1.807) is 0 Å². The number of nitrogens with one attached hydrogen (secondary N) is 1. The van der Waals surface area contributed by atoms with E-state index in [0.29, 0.717) is 6.04 Å². The molecular weight excluding hydrogens is 208 g/mol. The van der Waals surface area contributed by atoms with Crippen LogP contribution in [-0.4, -0.2) is 20.1 Å². The molecule has 1 aromatic rings. The molecule has 0 aromatic heterocycles. The quantitative estimate of drug-likeness (QED) is 0.850. The Hall–Kier alpha value is -0.730. The van der Waals surface area contributed by atoms with E-state index in [1.807, 2.05) is 13.1 Å². The van der Waals surface area contributed by atoms with Gasteiger partial charge in [0.25, 0.3) is 0 Å². The van der Waals surface area contributed by atoms with Crippen molar-refractivity contribution < 1.29 is 0 Å². The fourth-order valence-electron chi connectivity index (χ4n) is 1.39. The molecule has 1 N–H and O–H groups in total. The maximum Gasteiger partial charge on any atom is 0.0471 e. The predicted molar refractivity (Wildman–Crippen MR) is 67.8 cm³/mol. The zero-order chi connectivity index (χ0) is 11.4. The summed E-state index contributed by atoms with van der Waals surface area (Å²) in [6, 6.07) is 6.69. The van der Waals surface area contributed by atoms with Gasteiger partial charge in [-0.15, -0.1) is 0 Å². The monoisotopic (exact) mass is 226 g/mol. The van der Waals surface area contributed by atoms with Crippen molar-refractivity contribution in [2.24, 2.45) is 0 Å². The Kier molecular flexibility index (Phi) is 4.43. The summed E-state index contributed by atoms with van der Waals surface area (Å²) in [6.45, 7) is 5.13. The molecular formula is C12H19ClN2. The minimum Gasteiger partial charge on any atom is -0.372 e. The van der Waals surface area contributed by atoms with Crippen molar-refractivity contribution >= 4 is 17.3 Å². The van der Waals surface area contributed by atoms with Gasteiger partial charge in [0.1, 0.15) is 0 Å². The number of anilines is 1. The highest BCUT2D eigenvalue weighted by molar-refractivity contribution is 6.31. The van der Waals surface area contributed by atoms with Crippen LogP contribution < -0.4 is 10.2 Å². The second-order valence-corrected chi connectivity index (χ2v) is 4.42.